The summed E-state index contributed by atoms with van der Waals surface area (Å²) >= 11 is 0. The molecule has 13 heavy (non-hydrogen) atoms. The van der Waals surface area contributed by atoms with Gasteiger partial charge in [0, 0.05) is 0 Å². The van der Waals surface area contributed by atoms with Gasteiger partial charge in [0.1, 0.15) is 0 Å². The van der Waals surface area contributed by atoms with Gasteiger partial charge in [0.2, 0.25) is 0 Å². The summed E-state index contributed by atoms with van der Waals surface area (Å²) in [5, 5.41) is 0. The molecule has 1 rings (SSSR count). The van der Waals surface area contributed by atoms with Crippen LogP contribution in [0.1, 0.15) is 18.4 Å². The fourth-order valence-corrected chi connectivity index (χ4v) is 2.29. The first-order valence-electron chi connectivity index (χ1n) is 5.01. The Morgan fingerprint density at radius 3 is 2.46 bits per heavy atom. The molecule has 0 heterocycles. The minimum absolute atomic E-state index is 1.06. The van der Waals surface area contributed by atoms with Crippen molar-refractivity contribution in [1.82, 2.24) is 0 Å². The van der Waals surface area contributed by atoms with E-state index in [1.54, 1.807) is 0 Å². The summed E-state index contributed by atoms with van der Waals surface area (Å²) in [6, 6.07) is 11.6. The summed E-state index contributed by atoms with van der Waals surface area (Å²) in [5.74, 6) is 0. The van der Waals surface area contributed by atoms with Crippen molar-refractivity contribution < 1.29 is 4.80 Å². The maximum absolute atomic E-state index is 9.19. The zero-order valence-electron chi connectivity index (χ0n) is 8.24. The Morgan fingerprint density at radius 2 is 1.85 bits per heavy atom. The number of hydrogen-bond donors (Lipinski definition) is 1. The number of benzene rings is 1. The van der Waals surface area contributed by atoms with Crippen molar-refractivity contribution in [2.24, 2.45) is 0 Å². The molecule has 0 saturated carbocycles. The average molecular weight is 194 g/mol. The third-order valence-corrected chi connectivity index (χ3v) is 3.42. The number of hydrogen-bond acceptors (Lipinski definition) is 1. The standard InChI is InChI=1S/C11H18OSi/c1-13(12)10-6-5-9-11-7-3-2-4-8-11/h2-4,7-8,12-13H,5-6,9-10H2,1H3. The average Bonchev–Trinajstić information content (AvgIpc) is 2.14. The summed E-state index contributed by atoms with van der Waals surface area (Å²) in [5.41, 5.74) is 1.41. The van der Waals surface area contributed by atoms with E-state index in [2.05, 4.69) is 24.3 Å². The molecule has 0 aromatic heterocycles. The van der Waals surface area contributed by atoms with E-state index in [1.165, 1.54) is 18.4 Å². The Hall–Kier alpha value is -0.603. The van der Waals surface area contributed by atoms with E-state index >= 15 is 0 Å². The zero-order chi connectivity index (χ0) is 9.52. The third kappa shape index (κ3) is 4.86. The fourth-order valence-electron chi connectivity index (χ4n) is 1.41. The monoisotopic (exact) mass is 194 g/mol. The van der Waals surface area contributed by atoms with E-state index in [0.717, 1.165) is 12.5 Å². The van der Waals surface area contributed by atoms with Gasteiger partial charge in [-0.15, -0.1) is 0 Å². The van der Waals surface area contributed by atoms with Crippen LogP contribution in [0.3, 0.4) is 0 Å². The maximum Gasteiger partial charge on any atom is 0.169 e. The predicted octanol–water partition coefficient (Wildman–Crippen LogP) is 2.36. The van der Waals surface area contributed by atoms with Gasteiger partial charge in [-0.3, -0.25) is 0 Å². The second-order valence-corrected chi connectivity index (χ2v) is 5.86. The second-order valence-electron chi connectivity index (χ2n) is 3.58. The molecule has 72 valence electrons. The third-order valence-electron chi connectivity index (χ3n) is 2.18. The molecule has 1 aromatic carbocycles. The lowest BCUT2D eigenvalue weighted by molar-refractivity contribution is 0.569. The molecule has 0 spiro atoms. The summed E-state index contributed by atoms with van der Waals surface area (Å²) in [7, 11) is -1.30. The Labute approximate surface area is 82.2 Å². The maximum atomic E-state index is 9.19. The summed E-state index contributed by atoms with van der Waals surface area (Å²) in [4.78, 5) is 9.19. The fraction of sp³-hybridized carbons (Fsp3) is 0.455. The molecule has 0 radical (unpaired) electrons. The van der Waals surface area contributed by atoms with E-state index in [-0.39, 0.29) is 0 Å². The van der Waals surface area contributed by atoms with Crippen molar-refractivity contribution in [3.63, 3.8) is 0 Å². The van der Waals surface area contributed by atoms with Crippen LogP contribution in [0.4, 0.5) is 0 Å². The minimum atomic E-state index is -1.30. The van der Waals surface area contributed by atoms with Crippen molar-refractivity contribution >= 4 is 9.04 Å². The van der Waals surface area contributed by atoms with Gasteiger partial charge < -0.3 is 4.80 Å². The highest BCUT2D eigenvalue weighted by Crippen LogP contribution is 2.07. The lowest BCUT2D eigenvalue weighted by Gasteiger charge is -2.02. The molecule has 0 aliphatic carbocycles. The lowest BCUT2D eigenvalue weighted by atomic mass is 10.1. The lowest BCUT2D eigenvalue weighted by Crippen LogP contribution is -2.03. The van der Waals surface area contributed by atoms with Crippen LogP contribution in [0.2, 0.25) is 12.6 Å². The van der Waals surface area contributed by atoms with Gasteiger partial charge in [-0.1, -0.05) is 36.8 Å². The van der Waals surface area contributed by atoms with Gasteiger partial charge >= 0.3 is 0 Å². The van der Waals surface area contributed by atoms with E-state index in [1.807, 2.05) is 12.6 Å². The molecule has 1 aromatic rings. The SMILES string of the molecule is C[SiH](O)CCCCc1ccccc1. The predicted molar refractivity (Wildman–Crippen MR) is 59.4 cm³/mol. The Balaban J connectivity index is 2.13. The van der Waals surface area contributed by atoms with Crippen LogP contribution in [0, 0.1) is 0 Å². The Morgan fingerprint density at radius 1 is 1.15 bits per heavy atom. The molecule has 1 unspecified atom stereocenters. The molecular formula is C11H18OSi. The van der Waals surface area contributed by atoms with Crippen LogP contribution in [0.15, 0.2) is 30.3 Å². The van der Waals surface area contributed by atoms with Crippen LogP contribution in [-0.4, -0.2) is 13.8 Å². The van der Waals surface area contributed by atoms with Crippen molar-refractivity contribution in [3.05, 3.63) is 35.9 Å². The van der Waals surface area contributed by atoms with Crippen LogP contribution in [0.5, 0.6) is 0 Å². The molecule has 1 nitrogen and oxygen atoms in total. The zero-order valence-corrected chi connectivity index (χ0v) is 9.39. The van der Waals surface area contributed by atoms with E-state index in [0.29, 0.717) is 0 Å². The Kier molecular flexibility index (Phi) is 4.79. The van der Waals surface area contributed by atoms with Crippen LogP contribution < -0.4 is 0 Å². The summed E-state index contributed by atoms with van der Waals surface area (Å²) < 4.78 is 0. The van der Waals surface area contributed by atoms with Gasteiger partial charge in [-0.25, -0.2) is 0 Å². The number of aryl methyl sites for hydroxylation is 1. The molecule has 0 bridgehead atoms. The van der Waals surface area contributed by atoms with E-state index < -0.39 is 9.04 Å². The quantitative estimate of drug-likeness (QED) is 0.563. The van der Waals surface area contributed by atoms with Gasteiger partial charge in [0.25, 0.3) is 0 Å². The topological polar surface area (TPSA) is 20.2 Å². The highest BCUT2D eigenvalue weighted by Gasteiger charge is 1.98. The number of rotatable bonds is 5. The summed E-state index contributed by atoms with van der Waals surface area (Å²) in [6.45, 7) is 1.99. The van der Waals surface area contributed by atoms with Crippen molar-refractivity contribution in [1.29, 1.82) is 0 Å². The van der Waals surface area contributed by atoms with Crippen molar-refractivity contribution in [2.45, 2.75) is 31.9 Å². The first-order valence-corrected chi connectivity index (χ1v) is 7.50. The molecule has 0 amide bonds. The molecule has 1 N–H and O–H groups in total. The van der Waals surface area contributed by atoms with Gasteiger partial charge in [-0.2, -0.15) is 0 Å². The largest absolute Gasteiger partial charge is 0.435 e. The van der Waals surface area contributed by atoms with Gasteiger partial charge in [-0.05, 0) is 31.0 Å². The smallest absolute Gasteiger partial charge is 0.169 e. The first kappa shape index (κ1) is 10.5. The molecule has 0 saturated heterocycles. The first-order chi connectivity index (χ1) is 6.29. The highest BCUT2D eigenvalue weighted by atomic mass is 28.3. The molecule has 0 fully saturated rings. The molecule has 1 atom stereocenters. The molecule has 0 aliphatic heterocycles. The molecule has 0 aliphatic rings. The van der Waals surface area contributed by atoms with Crippen molar-refractivity contribution in [2.75, 3.05) is 0 Å². The molecular weight excluding hydrogens is 176 g/mol. The van der Waals surface area contributed by atoms with E-state index in [4.69, 9.17) is 0 Å². The van der Waals surface area contributed by atoms with E-state index in [9.17, 15) is 4.80 Å². The number of unbranched alkanes of at least 4 members (excludes halogenated alkanes) is 1. The highest BCUT2D eigenvalue weighted by molar-refractivity contribution is 6.48. The van der Waals surface area contributed by atoms with Crippen LogP contribution in [0.25, 0.3) is 0 Å². The van der Waals surface area contributed by atoms with Gasteiger partial charge in [0.15, 0.2) is 9.04 Å². The van der Waals surface area contributed by atoms with Crippen LogP contribution >= 0.6 is 0 Å². The minimum Gasteiger partial charge on any atom is -0.435 e. The van der Waals surface area contributed by atoms with Crippen LogP contribution in [-0.2, 0) is 6.42 Å². The van der Waals surface area contributed by atoms with Gasteiger partial charge in [0.05, 0.1) is 0 Å². The molecule has 2 heteroatoms. The Bertz CT molecular complexity index is 221. The second kappa shape index (κ2) is 5.94. The summed E-state index contributed by atoms with van der Waals surface area (Å²) in [6.07, 6.45) is 3.54. The van der Waals surface area contributed by atoms with Crippen molar-refractivity contribution in [3.8, 4) is 0 Å². The normalized spacial score (nSPS) is 12.8.